The first-order valence-electron chi connectivity index (χ1n) is 6.98. The number of hydrogen-bond acceptors (Lipinski definition) is 3. The van der Waals surface area contributed by atoms with Gasteiger partial charge in [0.2, 0.25) is 0 Å². The van der Waals surface area contributed by atoms with Gasteiger partial charge in [0.25, 0.3) is 0 Å². The second-order valence-electron chi connectivity index (χ2n) is 4.87. The summed E-state index contributed by atoms with van der Waals surface area (Å²) in [5.74, 6) is 1.70. The Morgan fingerprint density at radius 2 is 1.67 bits per heavy atom. The van der Waals surface area contributed by atoms with Gasteiger partial charge in [-0.05, 0) is 48.7 Å². The predicted molar refractivity (Wildman–Crippen MR) is 82.7 cm³/mol. The monoisotopic (exact) mass is 281 g/mol. The molecule has 0 saturated carbocycles. The minimum absolute atomic E-state index is 0.427. The molecule has 3 nitrogen and oxygen atoms in total. The highest BCUT2D eigenvalue weighted by molar-refractivity contribution is 5.38. The Balaban J connectivity index is 1.79. The smallest absolute Gasteiger partial charge is 0.122 e. The summed E-state index contributed by atoms with van der Waals surface area (Å²) in [4.78, 5) is 0. The van der Waals surface area contributed by atoms with E-state index in [4.69, 9.17) is 14.7 Å². The van der Waals surface area contributed by atoms with Crippen molar-refractivity contribution in [2.24, 2.45) is 0 Å². The van der Waals surface area contributed by atoms with Crippen LogP contribution >= 0.6 is 0 Å². The SMILES string of the molecule is Cc1cccc(OCCOc2ccc(CC#N)cc2)c1C. The molecule has 0 radical (unpaired) electrons. The zero-order valence-electron chi connectivity index (χ0n) is 12.4. The van der Waals surface area contributed by atoms with Crippen LogP contribution in [0.15, 0.2) is 42.5 Å². The second-order valence-corrected chi connectivity index (χ2v) is 4.87. The summed E-state index contributed by atoms with van der Waals surface area (Å²) < 4.78 is 11.4. The Morgan fingerprint density at radius 1 is 0.952 bits per heavy atom. The highest BCUT2D eigenvalue weighted by Gasteiger charge is 2.01. The molecule has 0 aliphatic rings. The largest absolute Gasteiger partial charge is 0.490 e. The van der Waals surface area contributed by atoms with Crippen molar-refractivity contribution in [2.75, 3.05) is 13.2 Å². The number of rotatable bonds is 6. The molecule has 0 heterocycles. The fourth-order valence-electron chi connectivity index (χ4n) is 1.99. The van der Waals surface area contributed by atoms with Crippen molar-refractivity contribution < 1.29 is 9.47 Å². The van der Waals surface area contributed by atoms with E-state index in [-0.39, 0.29) is 0 Å². The van der Waals surface area contributed by atoms with Crippen LogP contribution < -0.4 is 9.47 Å². The molecule has 108 valence electrons. The van der Waals surface area contributed by atoms with Gasteiger partial charge >= 0.3 is 0 Å². The molecular weight excluding hydrogens is 262 g/mol. The Bertz CT molecular complexity index is 627. The van der Waals surface area contributed by atoms with Crippen LogP contribution in [0.3, 0.4) is 0 Å². The third-order valence-corrected chi connectivity index (χ3v) is 3.37. The van der Waals surface area contributed by atoms with Crippen molar-refractivity contribution in [2.45, 2.75) is 20.3 Å². The molecule has 0 amide bonds. The van der Waals surface area contributed by atoms with Crippen LogP contribution in [-0.2, 0) is 6.42 Å². The number of benzene rings is 2. The molecule has 0 aliphatic heterocycles. The van der Waals surface area contributed by atoms with Crippen molar-refractivity contribution in [3.63, 3.8) is 0 Å². The highest BCUT2D eigenvalue weighted by atomic mass is 16.5. The maximum Gasteiger partial charge on any atom is 0.122 e. The van der Waals surface area contributed by atoms with E-state index < -0.39 is 0 Å². The first kappa shape index (κ1) is 14.9. The van der Waals surface area contributed by atoms with E-state index >= 15 is 0 Å². The third-order valence-electron chi connectivity index (χ3n) is 3.37. The number of ether oxygens (including phenoxy) is 2. The van der Waals surface area contributed by atoms with E-state index in [1.54, 1.807) is 0 Å². The van der Waals surface area contributed by atoms with Crippen LogP contribution in [0.5, 0.6) is 11.5 Å². The lowest BCUT2D eigenvalue weighted by Crippen LogP contribution is -2.09. The molecule has 0 aliphatic carbocycles. The summed E-state index contributed by atoms with van der Waals surface area (Å²) in [6, 6.07) is 15.7. The number of nitriles is 1. The van der Waals surface area contributed by atoms with Gasteiger partial charge < -0.3 is 9.47 Å². The number of nitrogens with zero attached hydrogens (tertiary/aromatic N) is 1. The summed E-state index contributed by atoms with van der Waals surface area (Å²) in [5, 5.41) is 8.61. The topological polar surface area (TPSA) is 42.2 Å². The molecule has 21 heavy (non-hydrogen) atoms. The molecule has 2 aromatic rings. The summed E-state index contributed by atoms with van der Waals surface area (Å²) in [6.45, 7) is 5.12. The van der Waals surface area contributed by atoms with Crippen LogP contribution in [0.4, 0.5) is 0 Å². The van der Waals surface area contributed by atoms with Crippen molar-refractivity contribution in [3.8, 4) is 17.6 Å². The third kappa shape index (κ3) is 4.25. The molecule has 0 atom stereocenters. The van der Waals surface area contributed by atoms with Crippen LogP contribution in [0.2, 0.25) is 0 Å². The molecule has 3 heteroatoms. The summed E-state index contributed by atoms with van der Waals surface area (Å²) in [7, 11) is 0. The lowest BCUT2D eigenvalue weighted by molar-refractivity contribution is 0.216. The Hall–Kier alpha value is -2.47. The zero-order chi connectivity index (χ0) is 15.1. The average molecular weight is 281 g/mol. The highest BCUT2D eigenvalue weighted by Crippen LogP contribution is 2.20. The van der Waals surface area contributed by atoms with E-state index in [0.29, 0.717) is 19.6 Å². The molecule has 2 aromatic carbocycles. The summed E-state index contributed by atoms with van der Waals surface area (Å²) in [5.41, 5.74) is 3.39. The number of hydrogen-bond donors (Lipinski definition) is 0. The van der Waals surface area contributed by atoms with Crippen LogP contribution in [0.1, 0.15) is 16.7 Å². The second kappa shape index (κ2) is 7.35. The molecule has 0 aromatic heterocycles. The molecule has 0 spiro atoms. The maximum absolute atomic E-state index is 8.61. The Labute approximate surface area is 125 Å². The molecular formula is C18H19NO2. The first-order valence-corrected chi connectivity index (χ1v) is 6.98. The van der Waals surface area contributed by atoms with Gasteiger partial charge in [-0.1, -0.05) is 24.3 Å². The van der Waals surface area contributed by atoms with Gasteiger partial charge in [0.05, 0.1) is 12.5 Å². The van der Waals surface area contributed by atoms with Gasteiger partial charge in [0.15, 0.2) is 0 Å². The van der Waals surface area contributed by atoms with Gasteiger partial charge in [0, 0.05) is 0 Å². The standard InChI is InChI=1S/C18H19NO2/c1-14-4-3-5-18(15(14)2)21-13-12-20-17-8-6-16(7-9-17)10-11-19/h3-9H,10,12-13H2,1-2H3. The van der Waals surface area contributed by atoms with E-state index in [1.807, 2.05) is 36.4 Å². The van der Waals surface area contributed by atoms with Crippen molar-refractivity contribution in [1.29, 1.82) is 5.26 Å². The predicted octanol–water partition coefficient (Wildman–Crippen LogP) is 3.83. The lowest BCUT2D eigenvalue weighted by Gasteiger charge is -2.11. The minimum atomic E-state index is 0.427. The Morgan fingerprint density at radius 3 is 2.38 bits per heavy atom. The minimum Gasteiger partial charge on any atom is -0.490 e. The average Bonchev–Trinajstić information content (AvgIpc) is 2.50. The van der Waals surface area contributed by atoms with E-state index in [2.05, 4.69) is 26.0 Å². The lowest BCUT2D eigenvalue weighted by atomic mass is 10.1. The van der Waals surface area contributed by atoms with Crippen LogP contribution in [0, 0.1) is 25.2 Å². The Kier molecular flexibility index (Phi) is 5.22. The summed E-state index contributed by atoms with van der Waals surface area (Å²) in [6.07, 6.45) is 0.427. The fourth-order valence-corrected chi connectivity index (χ4v) is 1.99. The van der Waals surface area contributed by atoms with E-state index in [1.165, 1.54) is 11.1 Å². The van der Waals surface area contributed by atoms with Gasteiger partial charge in [-0.15, -0.1) is 0 Å². The van der Waals surface area contributed by atoms with E-state index in [9.17, 15) is 0 Å². The molecule has 2 rings (SSSR count). The number of aryl methyl sites for hydroxylation is 1. The van der Waals surface area contributed by atoms with Gasteiger partial charge in [-0.3, -0.25) is 0 Å². The van der Waals surface area contributed by atoms with Gasteiger partial charge in [-0.2, -0.15) is 5.26 Å². The fraction of sp³-hybridized carbons (Fsp3) is 0.278. The molecule has 0 bridgehead atoms. The zero-order valence-corrected chi connectivity index (χ0v) is 12.4. The van der Waals surface area contributed by atoms with Crippen molar-refractivity contribution in [3.05, 3.63) is 59.2 Å². The van der Waals surface area contributed by atoms with Crippen molar-refractivity contribution >= 4 is 0 Å². The first-order chi connectivity index (χ1) is 10.2. The molecule has 0 fully saturated rings. The maximum atomic E-state index is 8.61. The van der Waals surface area contributed by atoms with E-state index in [0.717, 1.165) is 17.1 Å². The molecule has 0 N–H and O–H groups in total. The normalized spacial score (nSPS) is 9.95. The van der Waals surface area contributed by atoms with Crippen LogP contribution in [0.25, 0.3) is 0 Å². The van der Waals surface area contributed by atoms with Crippen molar-refractivity contribution in [1.82, 2.24) is 0 Å². The molecule has 0 saturated heterocycles. The van der Waals surface area contributed by atoms with Gasteiger partial charge in [-0.25, -0.2) is 0 Å². The van der Waals surface area contributed by atoms with Gasteiger partial charge in [0.1, 0.15) is 24.7 Å². The quantitative estimate of drug-likeness (QED) is 0.756. The molecule has 0 unspecified atom stereocenters. The van der Waals surface area contributed by atoms with Crippen LogP contribution in [-0.4, -0.2) is 13.2 Å². The summed E-state index contributed by atoms with van der Waals surface area (Å²) >= 11 is 0.